The molecule has 3 nitrogen and oxygen atoms in total. The van der Waals surface area contributed by atoms with E-state index in [1.807, 2.05) is 0 Å². The molecule has 0 bridgehead atoms. The molecule has 1 aromatic heterocycles. The van der Waals surface area contributed by atoms with E-state index in [-0.39, 0.29) is 11.3 Å². The van der Waals surface area contributed by atoms with Crippen molar-refractivity contribution in [1.29, 1.82) is 0 Å². The molecule has 0 amide bonds. The quantitative estimate of drug-likeness (QED) is 0.836. The van der Waals surface area contributed by atoms with Crippen molar-refractivity contribution in [3.8, 4) is 5.75 Å². The summed E-state index contributed by atoms with van der Waals surface area (Å²) >= 11 is 0. The van der Waals surface area contributed by atoms with Crippen molar-refractivity contribution >= 4 is 0 Å². The minimum absolute atomic E-state index is 0.0893. The summed E-state index contributed by atoms with van der Waals surface area (Å²) in [5.41, 5.74) is 0.583. The van der Waals surface area contributed by atoms with Crippen LogP contribution in [0.1, 0.15) is 5.56 Å². The second-order valence-corrected chi connectivity index (χ2v) is 3.69. The molecule has 0 fully saturated rings. The predicted octanol–water partition coefficient (Wildman–Crippen LogP) is 2.50. The van der Waals surface area contributed by atoms with Gasteiger partial charge in [-0.2, -0.15) is 8.78 Å². The maximum atomic E-state index is 12.1. The summed E-state index contributed by atoms with van der Waals surface area (Å²) in [6.07, 6.45) is 1.64. The molecular formula is C13H11F2NO2. The fourth-order valence-corrected chi connectivity index (χ4v) is 1.61. The standard InChI is InChI=1S/C13H11F2NO2/c14-13(15)18-11-5-3-4-10(8-11)9-16-7-2-1-6-12(16)17/h1-8,13H,9H2. The Kier molecular flexibility index (Phi) is 3.72. The summed E-state index contributed by atoms with van der Waals surface area (Å²) in [6, 6.07) is 11.1. The van der Waals surface area contributed by atoms with Crippen LogP contribution < -0.4 is 10.3 Å². The largest absolute Gasteiger partial charge is 0.435 e. The zero-order valence-corrected chi connectivity index (χ0v) is 9.42. The SMILES string of the molecule is O=c1ccccn1Cc1cccc(OC(F)F)c1. The average Bonchev–Trinajstić information content (AvgIpc) is 2.32. The molecule has 94 valence electrons. The molecule has 18 heavy (non-hydrogen) atoms. The minimum Gasteiger partial charge on any atom is -0.435 e. The molecule has 0 saturated heterocycles. The highest BCUT2D eigenvalue weighted by molar-refractivity contribution is 5.28. The van der Waals surface area contributed by atoms with Gasteiger partial charge < -0.3 is 9.30 Å². The van der Waals surface area contributed by atoms with Crippen LogP contribution in [0.25, 0.3) is 0 Å². The van der Waals surface area contributed by atoms with Crippen LogP contribution in [0.3, 0.4) is 0 Å². The van der Waals surface area contributed by atoms with E-state index in [9.17, 15) is 13.6 Å². The number of alkyl halides is 2. The Hall–Kier alpha value is -2.17. The summed E-state index contributed by atoms with van der Waals surface area (Å²) in [4.78, 5) is 11.5. The van der Waals surface area contributed by atoms with Crippen LogP contribution in [0.4, 0.5) is 8.78 Å². The van der Waals surface area contributed by atoms with Crippen LogP contribution >= 0.6 is 0 Å². The Bertz CT molecular complexity index is 581. The molecule has 0 aliphatic rings. The first-order valence-electron chi connectivity index (χ1n) is 5.34. The topological polar surface area (TPSA) is 31.2 Å². The molecule has 0 aliphatic carbocycles. The molecule has 0 radical (unpaired) electrons. The number of aromatic nitrogens is 1. The van der Waals surface area contributed by atoms with E-state index in [4.69, 9.17) is 0 Å². The molecule has 2 aromatic rings. The molecule has 0 aliphatic heterocycles. The minimum atomic E-state index is -2.85. The Morgan fingerprint density at radius 3 is 2.72 bits per heavy atom. The Labute approximate surface area is 102 Å². The van der Waals surface area contributed by atoms with Crippen molar-refractivity contribution in [3.05, 3.63) is 64.6 Å². The van der Waals surface area contributed by atoms with Gasteiger partial charge in [-0.05, 0) is 23.8 Å². The second kappa shape index (κ2) is 5.44. The Balaban J connectivity index is 2.20. The first-order chi connectivity index (χ1) is 8.65. The Morgan fingerprint density at radius 1 is 1.17 bits per heavy atom. The second-order valence-electron chi connectivity index (χ2n) is 3.69. The summed E-state index contributed by atoms with van der Waals surface area (Å²) in [5, 5.41) is 0. The number of benzene rings is 1. The van der Waals surface area contributed by atoms with Gasteiger partial charge in [0.05, 0.1) is 6.54 Å². The van der Waals surface area contributed by atoms with Crippen molar-refractivity contribution in [2.24, 2.45) is 0 Å². The van der Waals surface area contributed by atoms with E-state index in [1.54, 1.807) is 30.5 Å². The maximum Gasteiger partial charge on any atom is 0.387 e. The van der Waals surface area contributed by atoms with E-state index < -0.39 is 6.61 Å². The number of pyridine rings is 1. The first-order valence-corrected chi connectivity index (χ1v) is 5.34. The molecule has 0 N–H and O–H groups in total. The highest BCUT2D eigenvalue weighted by Crippen LogP contribution is 2.16. The third-order valence-electron chi connectivity index (χ3n) is 2.38. The van der Waals surface area contributed by atoms with Gasteiger partial charge in [-0.1, -0.05) is 18.2 Å². The van der Waals surface area contributed by atoms with Crippen LogP contribution in [0.2, 0.25) is 0 Å². The van der Waals surface area contributed by atoms with E-state index in [0.717, 1.165) is 5.56 Å². The third kappa shape index (κ3) is 3.16. The summed E-state index contributed by atoms with van der Waals surface area (Å²) in [7, 11) is 0. The van der Waals surface area contributed by atoms with Crippen LogP contribution in [-0.2, 0) is 6.54 Å². The van der Waals surface area contributed by atoms with Gasteiger partial charge in [-0.3, -0.25) is 4.79 Å². The van der Waals surface area contributed by atoms with E-state index in [2.05, 4.69) is 4.74 Å². The van der Waals surface area contributed by atoms with E-state index in [0.29, 0.717) is 6.54 Å². The molecule has 1 aromatic carbocycles. The van der Waals surface area contributed by atoms with Crippen molar-refractivity contribution in [3.63, 3.8) is 0 Å². The number of hydrogen-bond donors (Lipinski definition) is 0. The fourth-order valence-electron chi connectivity index (χ4n) is 1.61. The number of nitrogens with zero attached hydrogens (tertiary/aromatic N) is 1. The van der Waals surface area contributed by atoms with Gasteiger partial charge in [-0.15, -0.1) is 0 Å². The third-order valence-corrected chi connectivity index (χ3v) is 2.38. The van der Waals surface area contributed by atoms with E-state index >= 15 is 0 Å². The van der Waals surface area contributed by atoms with Gasteiger partial charge in [0.25, 0.3) is 5.56 Å². The van der Waals surface area contributed by atoms with Gasteiger partial charge >= 0.3 is 6.61 Å². The number of rotatable bonds is 4. The summed E-state index contributed by atoms with van der Waals surface area (Å²) in [5.74, 6) is 0.0893. The van der Waals surface area contributed by atoms with Crippen LogP contribution in [-0.4, -0.2) is 11.2 Å². The molecule has 0 saturated carbocycles. The van der Waals surface area contributed by atoms with Gasteiger partial charge in [0.15, 0.2) is 0 Å². The monoisotopic (exact) mass is 251 g/mol. The lowest BCUT2D eigenvalue weighted by molar-refractivity contribution is -0.0498. The number of ether oxygens (including phenoxy) is 1. The molecule has 1 heterocycles. The lowest BCUT2D eigenvalue weighted by Crippen LogP contribution is -2.18. The van der Waals surface area contributed by atoms with Gasteiger partial charge in [0.1, 0.15) is 5.75 Å². The zero-order chi connectivity index (χ0) is 13.0. The number of hydrogen-bond acceptors (Lipinski definition) is 2. The summed E-state index contributed by atoms with van der Waals surface area (Å²) in [6.45, 7) is -2.53. The van der Waals surface area contributed by atoms with Crippen molar-refractivity contribution in [1.82, 2.24) is 4.57 Å². The number of halogens is 2. The average molecular weight is 251 g/mol. The normalized spacial score (nSPS) is 10.6. The fraction of sp³-hybridized carbons (Fsp3) is 0.154. The molecule has 0 unspecified atom stereocenters. The van der Waals surface area contributed by atoms with Crippen LogP contribution in [0.15, 0.2) is 53.5 Å². The zero-order valence-electron chi connectivity index (χ0n) is 9.42. The van der Waals surface area contributed by atoms with E-state index in [1.165, 1.54) is 22.8 Å². The lowest BCUT2D eigenvalue weighted by Gasteiger charge is -2.08. The predicted molar refractivity (Wildman–Crippen MR) is 62.9 cm³/mol. The van der Waals surface area contributed by atoms with Gasteiger partial charge in [0.2, 0.25) is 0 Å². The Morgan fingerprint density at radius 2 is 2.00 bits per heavy atom. The summed E-state index contributed by atoms with van der Waals surface area (Å²) < 4.78 is 29.9. The highest BCUT2D eigenvalue weighted by Gasteiger charge is 2.05. The molecule has 2 rings (SSSR count). The van der Waals surface area contributed by atoms with Crippen molar-refractivity contribution in [2.45, 2.75) is 13.2 Å². The molecular weight excluding hydrogens is 240 g/mol. The molecule has 0 atom stereocenters. The van der Waals surface area contributed by atoms with Crippen LogP contribution in [0.5, 0.6) is 5.75 Å². The molecule has 5 heteroatoms. The maximum absolute atomic E-state index is 12.1. The van der Waals surface area contributed by atoms with Gasteiger partial charge in [0, 0.05) is 12.3 Å². The molecule has 0 spiro atoms. The van der Waals surface area contributed by atoms with Crippen molar-refractivity contribution < 1.29 is 13.5 Å². The van der Waals surface area contributed by atoms with Crippen molar-refractivity contribution in [2.75, 3.05) is 0 Å². The highest BCUT2D eigenvalue weighted by atomic mass is 19.3. The smallest absolute Gasteiger partial charge is 0.387 e. The first kappa shape index (κ1) is 12.3. The van der Waals surface area contributed by atoms with Crippen LogP contribution in [0, 0.1) is 0 Å². The van der Waals surface area contributed by atoms with Gasteiger partial charge in [-0.25, -0.2) is 0 Å². The lowest BCUT2D eigenvalue weighted by atomic mass is 10.2.